The molecular formula is C16H17BrN2O3S. The topological polar surface area (TPSA) is 75.3 Å². The van der Waals surface area contributed by atoms with Crippen LogP contribution in [0.25, 0.3) is 0 Å². The lowest BCUT2D eigenvalue weighted by Gasteiger charge is -2.08. The first kappa shape index (κ1) is 17.7. The van der Waals surface area contributed by atoms with Crippen molar-refractivity contribution in [2.45, 2.75) is 18.2 Å². The maximum absolute atomic E-state index is 12.1. The monoisotopic (exact) mass is 396 g/mol. The molecule has 0 fully saturated rings. The summed E-state index contributed by atoms with van der Waals surface area (Å²) in [4.78, 5) is 12.0. The van der Waals surface area contributed by atoms with Crippen LogP contribution in [-0.2, 0) is 14.8 Å². The molecule has 1 amide bonds. The fourth-order valence-electron chi connectivity index (χ4n) is 1.86. The largest absolute Gasteiger partial charge is 0.326 e. The van der Waals surface area contributed by atoms with Gasteiger partial charge in [0.15, 0.2) is 0 Å². The van der Waals surface area contributed by atoms with Crippen LogP contribution in [0.4, 0.5) is 5.69 Å². The maximum atomic E-state index is 12.1. The van der Waals surface area contributed by atoms with Gasteiger partial charge in [-0.05, 0) is 43.3 Å². The first-order valence-corrected chi connectivity index (χ1v) is 9.26. The Morgan fingerprint density at radius 1 is 1.04 bits per heavy atom. The van der Waals surface area contributed by atoms with Gasteiger partial charge in [-0.1, -0.05) is 33.6 Å². The van der Waals surface area contributed by atoms with E-state index in [1.54, 1.807) is 24.3 Å². The lowest BCUT2D eigenvalue weighted by atomic mass is 10.2. The zero-order valence-corrected chi connectivity index (χ0v) is 14.9. The van der Waals surface area contributed by atoms with Crippen molar-refractivity contribution in [2.24, 2.45) is 0 Å². The van der Waals surface area contributed by atoms with E-state index in [2.05, 4.69) is 26.0 Å². The van der Waals surface area contributed by atoms with E-state index < -0.39 is 10.0 Å². The standard InChI is InChI=1S/C16H17BrN2O3S/c1-12-2-6-14(7-3-12)19-16(20)10-11-18-23(21,22)15-8-4-13(17)5-9-15/h2-9,18H,10-11H2,1H3,(H,19,20). The molecule has 0 saturated heterocycles. The summed E-state index contributed by atoms with van der Waals surface area (Å²) in [5, 5.41) is 2.72. The average Bonchev–Trinajstić information content (AvgIpc) is 2.50. The Hall–Kier alpha value is -1.70. The minimum absolute atomic E-state index is 0.0378. The van der Waals surface area contributed by atoms with Crippen LogP contribution in [0.1, 0.15) is 12.0 Å². The lowest BCUT2D eigenvalue weighted by molar-refractivity contribution is -0.116. The number of benzene rings is 2. The third-order valence-electron chi connectivity index (χ3n) is 3.10. The van der Waals surface area contributed by atoms with Gasteiger partial charge < -0.3 is 5.32 Å². The summed E-state index contributed by atoms with van der Waals surface area (Å²) in [6.45, 7) is 2.00. The van der Waals surface area contributed by atoms with E-state index in [0.717, 1.165) is 10.0 Å². The van der Waals surface area contributed by atoms with Gasteiger partial charge in [-0.3, -0.25) is 4.79 Å². The summed E-state index contributed by atoms with van der Waals surface area (Å²) >= 11 is 3.25. The van der Waals surface area contributed by atoms with Crippen molar-refractivity contribution < 1.29 is 13.2 Å². The Morgan fingerprint density at radius 3 is 2.26 bits per heavy atom. The molecule has 0 saturated carbocycles. The molecule has 23 heavy (non-hydrogen) atoms. The summed E-state index contributed by atoms with van der Waals surface area (Å²) in [7, 11) is -3.60. The van der Waals surface area contributed by atoms with E-state index in [-0.39, 0.29) is 23.8 Å². The summed E-state index contributed by atoms with van der Waals surface area (Å²) in [5.74, 6) is -0.243. The molecule has 0 aliphatic carbocycles. The summed E-state index contributed by atoms with van der Waals surface area (Å²) in [5.41, 5.74) is 1.79. The average molecular weight is 397 g/mol. The quantitative estimate of drug-likeness (QED) is 0.787. The fourth-order valence-corrected chi connectivity index (χ4v) is 3.15. The molecule has 0 spiro atoms. The van der Waals surface area contributed by atoms with Crippen LogP contribution in [0.3, 0.4) is 0 Å². The molecule has 122 valence electrons. The Kier molecular flexibility index (Phi) is 5.92. The van der Waals surface area contributed by atoms with Gasteiger partial charge in [0.05, 0.1) is 4.90 Å². The number of sulfonamides is 1. The molecule has 0 heterocycles. The molecule has 2 aromatic carbocycles. The minimum atomic E-state index is -3.60. The van der Waals surface area contributed by atoms with E-state index in [9.17, 15) is 13.2 Å². The molecule has 0 radical (unpaired) electrons. The molecular weight excluding hydrogens is 380 g/mol. The summed E-state index contributed by atoms with van der Waals surface area (Å²) in [6, 6.07) is 13.7. The maximum Gasteiger partial charge on any atom is 0.240 e. The van der Waals surface area contributed by atoms with Gasteiger partial charge in [-0.15, -0.1) is 0 Å². The van der Waals surface area contributed by atoms with Crippen LogP contribution in [0.5, 0.6) is 0 Å². The number of halogens is 1. The predicted octanol–water partition coefficient (Wildman–Crippen LogP) is 3.06. The Morgan fingerprint density at radius 2 is 1.65 bits per heavy atom. The number of aryl methyl sites for hydroxylation is 1. The van der Waals surface area contributed by atoms with Crippen LogP contribution in [0, 0.1) is 6.92 Å². The molecule has 0 unspecified atom stereocenters. The minimum Gasteiger partial charge on any atom is -0.326 e. The fraction of sp³-hybridized carbons (Fsp3) is 0.188. The SMILES string of the molecule is Cc1ccc(NC(=O)CCNS(=O)(=O)c2ccc(Br)cc2)cc1. The summed E-state index contributed by atoms with van der Waals surface area (Å²) in [6.07, 6.45) is 0.0592. The first-order valence-electron chi connectivity index (χ1n) is 6.98. The van der Waals surface area contributed by atoms with Gasteiger partial charge in [0, 0.05) is 23.1 Å². The normalized spacial score (nSPS) is 11.2. The highest BCUT2D eigenvalue weighted by molar-refractivity contribution is 9.10. The number of amides is 1. The highest BCUT2D eigenvalue weighted by atomic mass is 79.9. The third-order valence-corrected chi connectivity index (χ3v) is 5.11. The van der Waals surface area contributed by atoms with Crippen molar-refractivity contribution in [3.8, 4) is 0 Å². The molecule has 5 nitrogen and oxygen atoms in total. The van der Waals surface area contributed by atoms with E-state index in [0.29, 0.717) is 5.69 Å². The molecule has 0 atom stereocenters. The second kappa shape index (κ2) is 7.72. The molecule has 2 N–H and O–H groups in total. The zero-order valence-electron chi connectivity index (χ0n) is 12.5. The van der Waals surface area contributed by atoms with Gasteiger partial charge in [-0.2, -0.15) is 0 Å². The number of hydrogen-bond donors (Lipinski definition) is 2. The number of anilines is 1. The Labute approximate surface area is 144 Å². The van der Waals surface area contributed by atoms with Crippen LogP contribution in [0.15, 0.2) is 57.9 Å². The molecule has 0 aromatic heterocycles. The van der Waals surface area contributed by atoms with E-state index in [1.165, 1.54) is 12.1 Å². The lowest BCUT2D eigenvalue weighted by Crippen LogP contribution is -2.27. The molecule has 0 aliphatic heterocycles. The van der Waals surface area contributed by atoms with Gasteiger partial charge in [-0.25, -0.2) is 13.1 Å². The number of carbonyl (C=O) groups is 1. The van der Waals surface area contributed by atoms with E-state index >= 15 is 0 Å². The summed E-state index contributed by atoms with van der Waals surface area (Å²) < 4.78 is 27.3. The number of carbonyl (C=O) groups excluding carboxylic acids is 1. The predicted molar refractivity (Wildman–Crippen MR) is 93.8 cm³/mol. The van der Waals surface area contributed by atoms with E-state index in [1.807, 2.05) is 19.1 Å². The molecule has 0 aliphatic rings. The van der Waals surface area contributed by atoms with Gasteiger partial charge >= 0.3 is 0 Å². The first-order chi connectivity index (χ1) is 10.9. The van der Waals surface area contributed by atoms with Gasteiger partial charge in [0.25, 0.3) is 0 Å². The van der Waals surface area contributed by atoms with E-state index in [4.69, 9.17) is 0 Å². The third kappa shape index (κ3) is 5.46. The smallest absolute Gasteiger partial charge is 0.240 e. The Bertz CT molecular complexity index is 772. The van der Waals surface area contributed by atoms with Gasteiger partial charge in [0.1, 0.15) is 0 Å². The Balaban J connectivity index is 1.85. The number of rotatable bonds is 6. The second-order valence-electron chi connectivity index (χ2n) is 5.02. The van der Waals surface area contributed by atoms with Crippen molar-refractivity contribution >= 4 is 37.5 Å². The molecule has 7 heteroatoms. The van der Waals surface area contributed by atoms with Crippen molar-refractivity contribution in [3.05, 3.63) is 58.6 Å². The highest BCUT2D eigenvalue weighted by Crippen LogP contribution is 2.14. The van der Waals surface area contributed by atoms with Crippen molar-refractivity contribution in [3.63, 3.8) is 0 Å². The molecule has 0 bridgehead atoms. The van der Waals surface area contributed by atoms with Crippen LogP contribution < -0.4 is 10.0 Å². The van der Waals surface area contributed by atoms with Gasteiger partial charge in [0.2, 0.25) is 15.9 Å². The highest BCUT2D eigenvalue weighted by Gasteiger charge is 2.13. The van der Waals surface area contributed by atoms with Crippen molar-refractivity contribution in [2.75, 3.05) is 11.9 Å². The van der Waals surface area contributed by atoms with Crippen LogP contribution >= 0.6 is 15.9 Å². The second-order valence-corrected chi connectivity index (χ2v) is 7.70. The number of nitrogens with one attached hydrogen (secondary N) is 2. The van der Waals surface area contributed by atoms with Crippen molar-refractivity contribution in [1.29, 1.82) is 0 Å². The van der Waals surface area contributed by atoms with Crippen molar-refractivity contribution in [1.82, 2.24) is 4.72 Å². The van der Waals surface area contributed by atoms with Crippen LogP contribution in [0.2, 0.25) is 0 Å². The van der Waals surface area contributed by atoms with Crippen LogP contribution in [-0.4, -0.2) is 20.9 Å². The number of hydrogen-bond acceptors (Lipinski definition) is 3. The zero-order chi connectivity index (χ0) is 16.9. The molecule has 2 aromatic rings. The molecule has 2 rings (SSSR count).